The monoisotopic (exact) mass is 265 g/mol. The summed E-state index contributed by atoms with van der Waals surface area (Å²) in [6.07, 6.45) is 3.71. The first-order valence-electron chi connectivity index (χ1n) is 6.60. The molecule has 1 aromatic heterocycles. The van der Waals surface area contributed by atoms with E-state index in [1.165, 1.54) is 10.9 Å². The van der Waals surface area contributed by atoms with Crippen molar-refractivity contribution in [3.8, 4) is 5.75 Å². The lowest BCUT2D eigenvalue weighted by atomic mass is 10.1. The van der Waals surface area contributed by atoms with Gasteiger partial charge in [0.1, 0.15) is 12.0 Å². The van der Waals surface area contributed by atoms with Crippen molar-refractivity contribution < 1.29 is 9.53 Å². The highest BCUT2D eigenvalue weighted by molar-refractivity contribution is 5.83. The van der Waals surface area contributed by atoms with Crippen LogP contribution in [-0.4, -0.2) is 17.9 Å². The van der Waals surface area contributed by atoms with E-state index in [1.54, 1.807) is 12.1 Å². The molecule has 0 spiro atoms. The van der Waals surface area contributed by atoms with E-state index >= 15 is 0 Å². The van der Waals surface area contributed by atoms with Crippen LogP contribution in [-0.2, 0) is 6.42 Å². The second-order valence-corrected chi connectivity index (χ2v) is 4.64. The fraction of sp³-hybridized carbons (Fsp3) is 0.118. The van der Waals surface area contributed by atoms with E-state index in [-0.39, 0.29) is 0 Å². The molecule has 0 radical (unpaired) electrons. The Balaban J connectivity index is 1.63. The van der Waals surface area contributed by atoms with Crippen LogP contribution in [0, 0.1) is 0 Å². The molecule has 3 heteroatoms. The maximum absolute atomic E-state index is 10.6. The highest BCUT2D eigenvalue weighted by Crippen LogP contribution is 2.18. The van der Waals surface area contributed by atoms with E-state index in [0.717, 1.165) is 24.0 Å². The molecular formula is C17H15NO2. The summed E-state index contributed by atoms with van der Waals surface area (Å²) in [6.45, 7) is 0.613. The maximum Gasteiger partial charge on any atom is 0.150 e. The second kappa shape index (κ2) is 5.61. The largest absolute Gasteiger partial charge is 0.493 e. The van der Waals surface area contributed by atoms with Crippen molar-refractivity contribution in [1.29, 1.82) is 0 Å². The first kappa shape index (κ1) is 12.5. The second-order valence-electron chi connectivity index (χ2n) is 4.64. The molecule has 0 bridgehead atoms. The van der Waals surface area contributed by atoms with Crippen molar-refractivity contribution in [2.24, 2.45) is 0 Å². The summed E-state index contributed by atoms with van der Waals surface area (Å²) < 4.78 is 5.70. The lowest BCUT2D eigenvalue weighted by Gasteiger charge is -2.05. The van der Waals surface area contributed by atoms with Crippen molar-refractivity contribution in [3.05, 3.63) is 65.9 Å². The SMILES string of the molecule is O=Cc1ccc(OCCc2c[nH]c3ccccc23)cc1. The number of ether oxygens (including phenoxy) is 1. The molecule has 0 aliphatic rings. The maximum atomic E-state index is 10.6. The van der Waals surface area contributed by atoms with Crippen LogP contribution in [0.5, 0.6) is 5.75 Å². The predicted octanol–water partition coefficient (Wildman–Crippen LogP) is 3.60. The van der Waals surface area contributed by atoms with Crippen LogP contribution >= 0.6 is 0 Å². The molecule has 3 aromatic rings. The smallest absolute Gasteiger partial charge is 0.150 e. The Morgan fingerprint density at radius 2 is 1.85 bits per heavy atom. The molecule has 1 heterocycles. The van der Waals surface area contributed by atoms with Crippen LogP contribution in [0.15, 0.2) is 54.7 Å². The highest BCUT2D eigenvalue weighted by Gasteiger charge is 2.03. The zero-order chi connectivity index (χ0) is 13.8. The van der Waals surface area contributed by atoms with E-state index in [9.17, 15) is 4.79 Å². The molecule has 0 amide bonds. The van der Waals surface area contributed by atoms with E-state index < -0.39 is 0 Å². The number of H-pyrrole nitrogens is 1. The molecule has 0 aliphatic carbocycles. The van der Waals surface area contributed by atoms with Gasteiger partial charge in [0.05, 0.1) is 6.61 Å². The molecule has 100 valence electrons. The van der Waals surface area contributed by atoms with Gasteiger partial charge in [-0.05, 0) is 35.9 Å². The van der Waals surface area contributed by atoms with Crippen LogP contribution in [0.3, 0.4) is 0 Å². The van der Waals surface area contributed by atoms with Crippen molar-refractivity contribution in [1.82, 2.24) is 4.98 Å². The number of rotatable bonds is 5. The first-order chi connectivity index (χ1) is 9.86. The van der Waals surface area contributed by atoms with Crippen LogP contribution in [0.1, 0.15) is 15.9 Å². The zero-order valence-electron chi connectivity index (χ0n) is 11.0. The quantitative estimate of drug-likeness (QED) is 0.716. The van der Waals surface area contributed by atoms with E-state index in [4.69, 9.17) is 4.74 Å². The molecule has 0 aliphatic heterocycles. The van der Waals surface area contributed by atoms with Gasteiger partial charge in [-0.15, -0.1) is 0 Å². The van der Waals surface area contributed by atoms with E-state index in [2.05, 4.69) is 17.1 Å². The number of carbonyl (C=O) groups excluding carboxylic acids is 1. The van der Waals surface area contributed by atoms with Crippen LogP contribution in [0.25, 0.3) is 10.9 Å². The Kier molecular flexibility index (Phi) is 3.50. The molecule has 0 unspecified atom stereocenters. The fourth-order valence-corrected chi connectivity index (χ4v) is 2.26. The Labute approximate surface area is 117 Å². The average Bonchev–Trinajstić information content (AvgIpc) is 2.92. The standard InChI is InChI=1S/C17H15NO2/c19-12-13-5-7-15(8-6-13)20-10-9-14-11-18-17-4-2-1-3-16(14)17/h1-8,11-12,18H,9-10H2. The van der Waals surface area contributed by atoms with Crippen LogP contribution < -0.4 is 4.74 Å². The molecule has 0 fully saturated rings. The molecule has 3 rings (SSSR count). The number of fused-ring (bicyclic) bond motifs is 1. The minimum Gasteiger partial charge on any atom is -0.493 e. The summed E-state index contributed by atoms with van der Waals surface area (Å²) in [4.78, 5) is 13.8. The number of aldehydes is 1. The summed E-state index contributed by atoms with van der Waals surface area (Å²) >= 11 is 0. The Morgan fingerprint density at radius 1 is 1.05 bits per heavy atom. The fourth-order valence-electron chi connectivity index (χ4n) is 2.26. The summed E-state index contributed by atoms with van der Waals surface area (Å²) in [7, 11) is 0. The first-order valence-corrected chi connectivity index (χ1v) is 6.60. The van der Waals surface area contributed by atoms with Gasteiger partial charge >= 0.3 is 0 Å². The lowest BCUT2D eigenvalue weighted by Crippen LogP contribution is -2.00. The average molecular weight is 265 g/mol. The summed E-state index contributed by atoms with van der Waals surface area (Å²) in [6, 6.07) is 15.4. The van der Waals surface area contributed by atoms with Gasteiger partial charge in [0.25, 0.3) is 0 Å². The molecule has 20 heavy (non-hydrogen) atoms. The topological polar surface area (TPSA) is 42.1 Å². The number of benzene rings is 2. The van der Waals surface area contributed by atoms with Crippen molar-refractivity contribution in [3.63, 3.8) is 0 Å². The van der Waals surface area contributed by atoms with E-state index in [1.807, 2.05) is 30.5 Å². The Hall–Kier alpha value is -2.55. The van der Waals surface area contributed by atoms with Gasteiger partial charge in [0, 0.05) is 29.1 Å². The van der Waals surface area contributed by atoms with Gasteiger partial charge in [-0.25, -0.2) is 0 Å². The van der Waals surface area contributed by atoms with Crippen LogP contribution in [0.4, 0.5) is 0 Å². The normalized spacial score (nSPS) is 10.6. The van der Waals surface area contributed by atoms with Gasteiger partial charge in [0.2, 0.25) is 0 Å². The molecule has 3 nitrogen and oxygen atoms in total. The highest BCUT2D eigenvalue weighted by atomic mass is 16.5. The molecule has 1 N–H and O–H groups in total. The third-order valence-corrected chi connectivity index (χ3v) is 3.33. The number of para-hydroxylation sites is 1. The number of carbonyl (C=O) groups is 1. The summed E-state index contributed by atoms with van der Waals surface area (Å²) in [5.41, 5.74) is 3.07. The van der Waals surface area contributed by atoms with Gasteiger partial charge in [-0.1, -0.05) is 18.2 Å². The number of hydrogen-bond donors (Lipinski definition) is 1. The Bertz CT molecular complexity index is 713. The van der Waals surface area contributed by atoms with Crippen molar-refractivity contribution in [2.75, 3.05) is 6.61 Å². The number of aromatic nitrogens is 1. The van der Waals surface area contributed by atoms with Gasteiger partial charge in [-0.3, -0.25) is 4.79 Å². The summed E-state index contributed by atoms with van der Waals surface area (Å²) in [5, 5.41) is 1.24. The molecule has 0 saturated heterocycles. The van der Waals surface area contributed by atoms with E-state index in [0.29, 0.717) is 12.2 Å². The predicted molar refractivity (Wildman–Crippen MR) is 79.3 cm³/mol. The van der Waals surface area contributed by atoms with Crippen molar-refractivity contribution in [2.45, 2.75) is 6.42 Å². The van der Waals surface area contributed by atoms with Crippen LogP contribution in [0.2, 0.25) is 0 Å². The van der Waals surface area contributed by atoms with Gasteiger partial charge < -0.3 is 9.72 Å². The molecule has 0 saturated carbocycles. The summed E-state index contributed by atoms with van der Waals surface area (Å²) in [5.74, 6) is 0.787. The molecule has 2 aromatic carbocycles. The minimum atomic E-state index is 0.613. The zero-order valence-corrected chi connectivity index (χ0v) is 11.0. The number of hydrogen-bond acceptors (Lipinski definition) is 2. The minimum absolute atomic E-state index is 0.613. The van der Waals surface area contributed by atoms with Gasteiger partial charge in [0.15, 0.2) is 0 Å². The lowest BCUT2D eigenvalue weighted by molar-refractivity contribution is 0.112. The molecule has 0 atom stereocenters. The number of aromatic amines is 1. The third kappa shape index (κ3) is 2.57. The third-order valence-electron chi connectivity index (χ3n) is 3.33. The Morgan fingerprint density at radius 3 is 2.65 bits per heavy atom. The van der Waals surface area contributed by atoms with Gasteiger partial charge in [-0.2, -0.15) is 0 Å². The number of nitrogens with one attached hydrogen (secondary N) is 1. The van der Waals surface area contributed by atoms with Crippen molar-refractivity contribution >= 4 is 17.2 Å². The molecular weight excluding hydrogens is 250 g/mol.